The summed E-state index contributed by atoms with van der Waals surface area (Å²) in [6.07, 6.45) is -4.59. The number of hydrogen-bond donors (Lipinski definition) is 1. The van der Waals surface area contributed by atoms with Crippen LogP contribution < -0.4 is 5.32 Å². The summed E-state index contributed by atoms with van der Waals surface area (Å²) in [6, 6.07) is 24.7. The van der Waals surface area contributed by atoms with E-state index in [1.165, 1.54) is 0 Å². The van der Waals surface area contributed by atoms with Gasteiger partial charge in [-0.15, -0.1) is 10.2 Å². The maximum Gasteiger partial charge on any atom is 0.416 e. The van der Waals surface area contributed by atoms with Crippen LogP contribution >= 0.6 is 11.6 Å². The zero-order valence-electron chi connectivity index (χ0n) is 18.7. The predicted octanol–water partition coefficient (Wildman–Crippen LogP) is 8.39. The average molecular weight is 508 g/mol. The van der Waals surface area contributed by atoms with Crippen LogP contribution in [-0.2, 0) is 12.7 Å². The van der Waals surface area contributed by atoms with Crippen LogP contribution in [0.2, 0.25) is 5.02 Å². The number of nitrogens with zero attached hydrogens (tertiary/aromatic N) is 2. The zero-order valence-corrected chi connectivity index (χ0v) is 19.4. The van der Waals surface area contributed by atoms with E-state index in [1.54, 1.807) is 18.2 Å². The van der Waals surface area contributed by atoms with Crippen LogP contribution in [0.5, 0.6) is 0 Å². The van der Waals surface area contributed by atoms with Crippen LogP contribution in [0, 0.1) is 5.82 Å². The van der Waals surface area contributed by atoms with Crippen LogP contribution in [0.1, 0.15) is 11.1 Å². The van der Waals surface area contributed by atoms with Gasteiger partial charge in [-0.3, -0.25) is 0 Å². The van der Waals surface area contributed by atoms with Gasteiger partial charge in [-0.2, -0.15) is 13.2 Å². The Hall–Kier alpha value is -3.97. The number of aromatic nitrogens is 2. The molecule has 0 saturated carbocycles. The minimum atomic E-state index is -4.59. The van der Waals surface area contributed by atoms with Crippen molar-refractivity contribution in [1.29, 1.82) is 0 Å². The summed E-state index contributed by atoms with van der Waals surface area (Å²) in [5.41, 5.74) is 3.12. The molecule has 0 saturated heterocycles. The molecule has 1 aromatic heterocycles. The summed E-state index contributed by atoms with van der Waals surface area (Å²) >= 11 is 6.39. The highest BCUT2D eigenvalue weighted by Crippen LogP contribution is 2.38. The van der Waals surface area contributed by atoms with E-state index in [0.717, 1.165) is 40.3 Å². The lowest BCUT2D eigenvalue weighted by Crippen LogP contribution is -2.12. The van der Waals surface area contributed by atoms with Crippen LogP contribution in [0.15, 0.2) is 91.0 Å². The molecule has 1 N–H and O–H groups in total. The van der Waals surface area contributed by atoms with Gasteiger partial charge in [0.1, 0.15) is 17.0 Å². The van der Waals surface area contributed by atoms with Crippen molar-refractivity contribution >= 4 is 28.2 Å². The van der Waals surface area contributed by atoms with Gasteiger partial charge in [0.25, 0.3) is 0 Å². The van der Waals surface area contributed by atoms with Gasteiger partial charge in [0.2, 0.25) is 0 Å². The average Bonchev–Trinajstić information content (AvgIpc) is 2.87. The molecule has 4 aromatic carbocycles. The minimum Gasteiger partial charge on any atom is -0.381 e. The standard InChI is InChI=1S/C28H18ClF4N3/c29-24-11-5-10-22-25(26(35-36-27(22)24)17-6-2-1-3-7-17)18-8-4-9-21(15-18)34-16-19-14-20(30)12-13-23(19)28(31,32)33/h1-15,34H,16H2. The van der Waals surface area contributed by atoms with Gasteiger partial charge >= 0.3 is 6.18 Å². The van der Waals surface area contributed by atoms with Crippen molar-refractivity contribution in [3.8, 4) is 22.4 Å². The van der Waals surface area contributed by atoms with E-state index in [-0.39, 0.29) is 12.1 Å². The lowest BCUT2D eigenvalue weighted by molar-refractivity contribution is -0.138. The smallest absolute Gasteiger partial charge is 0.381 e. The van der Waals surface area contributed by atoms with E-state index in [0.29, 0.717) is 21.9 Å². The monoisotopic (exact) mass is 507 g/mol. The molecule has 0 radical (unpaired) electrons. The molecule has 0 aliphatic carbocycles. The van der Waals surface area contributed by atoms with Crippen molar-refractivity contribution in [2.24, 2.45) is 0 Å². The van der Waals surface area contributed by atoms with Gasteiger partial charge in [0.05, 0.1) is 10.6 Å². The highest BCUT2D eigenvalue weighted by Gasteiger charge is 2.33. The number of fused-ring (bicyclic) bond motifs is 1. The van der Waals surface area contributed by atoms with Crippen LogP contribution in [0.3, 0.4) is 0 Å². The maximum absolute atomic E-state index is 13.7. The van der Waals surface area contributed by atoms with Gasteiger partial charge in [0.15, 0.2) is 0 Å². The topological polar surface area (TPSA) is 37.8 Å². The lowest BCUT2D eigenvalue weighted by atomic mass is 9.95. The molecule has 0 aliphatic rings. The molecule has 5 rings (SSSR count). The van der Waals surface area contributed by atoms with E-state index in [1.807, 2.05) is 54.6 Å². The van der Waals surface area contributed by atoms with Gasteiger partial charge in [-0.25, -0.2) is 4.39 Å². The maximum atomic E-state index is 13.7. The second-order valence-corrected chi connectivity index (χ2v) is 8.57. The number of halogens is 5. The molecule has 0 aliphatic heterocycles. The van der Waals surface area contributed by atoms with Crippen LogP contribution in [0.4, 0.5) is 23.2 Å². The highest BCUT2D eigenvalue weighted by atomic mass is 35.5. The largest absolute Gasteiger partial charge is 0.416 e. The molecule has 3 nitrogen and oxygen atoms in total. The van der Waals surface area contributed by atoms with Crippen molar-refractivity contribution in [3.63, 3.8) is 0 Å². The van der Waals surface area contributed by atoms with E-state index in [2.05, 4.69) is 15.5 Å². The van der Waals surface area contributed by atoms with Gasteiger partial charge in [-0.05, 0) is 47.5 Å². The zero-order chi connectivity index (χ0) is 25.3. The summed E-state index contributed by atoms with van der Waals surface area (Å²) in [7, 11) is 0. The first kappa shape index (κ1) is 23.8. The molecule has 5 aromatic rings. The van der Waals surface area contributed by atoms with Gasteiger partial charge < -0.3 is 5.32 Å². The number of benzene rings is 4. The highest BCUT2D eigenvalue weighted by molar-refractivity contribution is 6.35. The van der Waals surface area contributed by atoms with Crippen LogP contribution in [-0.4, -0.2) is 10.2 Å². The van der Waals surface area contributed by atoms with Crippen molar-refractivity contribution in [2.45, 2.75) is 12.7 Å². The molecule has 0 spiro atoms. The molecule has 0 amide bonds. The summed E-state index contributed by atoms with van der Waals surface area (Å²) in [5.74, 6) is -0.729. The lowest BCUT2D eigenvalue weighted by Gasteiger charge is -2.16. The Balaban J connectivity index is 1.58. The molecule has 1 heterocycles. The number of nitrogens with one attached hydrogen (secondary N) is 1. The Bertz CT molecular complexity index is 1550. The second-order valence-electron chi connectivity index (χ2n) is 8.16. The number of alkyl halides is 3. The summed E-state index contributed by atoms with van der Waals surface area (Å²) < 4.78 is 53.9. The molecule has 36 heavy (non-hydrogen) atoms. The third-order valence-corrected chi connectivity index (χ3v) is 6.10. The fourth-order valence-corrected chi connectivity index (χ4v) is 4.37. The van der Waals surface area contributed by atoms with Crippen molar-refractivity contribution in [2.75, 3.05) is 5.32 Å². The fraction of sp³-hybridized carbons (Fsp3) is 0.0714. The molecule has 0 bridgehead atoms. The molecule has 180 valence electrons. The Labute approximate surface area is 209 Å². The summed E-state index contributed by atoms with van der Waals surface area (Å²) in [4.78, 5) is 0. The number of anilines is 1. The van der Waals surface area contributed by atoms with Gasteiger partial charge in [-0.1, -0.05) is 66.2 Å². The fourth-order valence-electron chi connectivity index (χ4n) is 4.15. The van der Waals surface area contributed by atoms with Crippen LogP contribution in [0.25, 0.3) is 33.3 Å². The quantitative estimate of drug-likeness (QED) is 0.243. The first-order valence-electron chi connectivity index (χ1n) is 11.0. The van der Waals surface area contributed by atoms with E-state index in [9.17, 15) is 17.6 Å². The predicted molar refractivity (Wildman–Crippen MR) is 134 cm³/mol. The Morgan fingerprint density at radius 3 is 2.31 bits per heavy atom. The van der Waals surface area contributed by atoms with E-state index >= 15 is 0 Å². The van der Waals surface area contributed by atoms with Gasteiger partial charge in [0, 0.05) is 28.7 Å². The molecule has 0 fully saturated rings. The molecule has 0 atom stereocenters. The molecular formula is C28H18ClF4N3. The first-order chi connectivity index (χ1) is 17.3. The summed E-state index contributed by atoms with van der Waals surface area (Å²) in [6.45, 7) is -0.206. The second kappa shape index (κ2) is 9.59. The Kier molecular flexibility index (Phi) is 6.33. The Morgan fingerprint density at radius 2 is 1.53 bits per heavy atom. The van der Waals surface area contributed by atoms with E-state index < -0.39 is 17.6 Å². The number of rotatable bonds is 5. The Morgan fingerprint density at radius 1 is 0.778 bits per heavy atom. The van der Waals surface area contributed by atoms with Crippen molar-refractivity contribution in [1.82, 2.24) is 10.2 Å². The third-order valence-electron chi connectivity index (χ3n) is 5.80. The molecule has 8 heteroatoms. The summed E-state index contributed by atoms with van der Waals surface area (Å²) in [5, 5.41) is 13.1. The minimum absolute atomic E-state index is 0.180. The van der Waals surface area contributed by atoms with E-state index in [4.69, 9.17) is 11.6 Å². The number of hydrogen-bond acceptors (Lipinski definition) is 3. The molecular weight excluding hydrogens is 490 g/mol. The molecule has 0 unspecified atom stereocenters. The SMILES string of the molecule is Fc1ccc(C(F)(F)F)c(CNc2cccc(-c3c(-c4ccccc4)nnc4c(Cl)cccc34)c2)c1. The first-order valence-corrected chi connectivity index (χ1v) is 11.4. The normalized spacial score (nSPS) is 11.6. The third kappa shape index (κ3) is 4.75. The van der Waals surface area contributed by atoms with Crippen molar-refractivity contribution in [3.05, 3.63) is 113 Å². The van der Waals surface area contributed by atoms with Crippen molar-refractivity contribution < 1.29 is 17.6 Å².